The summed E-state index contributed by atoms with van der Waals surface area (Å²) < 4.78 is 1.06. The van der Waals surface area contributed by atoms with Gasteiger partial charge in [-0.05, 0) is 22.0 Å². The van der Waals surface area contributed by atoms with Crippen molar-refractivity contribution < 1.29 is 4.79 Å². The molecule has 0 N–H and O–H groups in total. The molecule has 0 saturated heterocycles. The van der Waals surface area contributed by atoms with Crippen molar-refractivity contribution in [2.45, 2.75) is 6.04 Å². The lowest BCUT2D eigenvalue weighted by Gasteiger charge is -2.20. The highest BCUT2D eigenvalue weighted by molar-refractivity contribution is 9.11. The van der Waals surface area contributed by atoms with Crippen molar-refractivity contribution in [2.75, 3.05) is 11.9 Å². The molecule has 0 bridgehead atoms. The van der Waals surface area contributed by atoms with Gasteiger partial charge in [0, 0.05) is 12.6 Å². The molecule has 1 aromatic rings. The van der Waals surface area contributed by atoms with E-state index >= 15 is 0 Å². The zero-order valence-electron chi connectivity index (χ0n) is 7.77. The molecular weight excluding hydrogens is 278 g/mol. The predicted octanol–water partition coefficient (Wildman–Crippen LogP) is 2.66. The van der Waals surface area contributed by atoms with Crippen LogP contribution >= 0.6 is 27.3 Å². The molecule has 2 aliphatic heterocycles. The second-order valence-corrected chi connectivity index (χ2v) is 5.85. The fraction of sp³-hybridized carbons (Fsp3) is 0.222. The number of hydrogen-bond donors (Lipinski definition) is 0. The van der Waals surface area contributed by atoms with Crippen molar-refractivity contribution in [1.82, 2.24) is 0 Å². The van der Waals surface area contributed by atoms with Gasteiger partial charge in [0.05, 0.1) is 20.6 Å². The molecule has 1 aromatic heterocycles. The Bertz CT molecular complexity index is 519. The van der Waals surface area contributed by atoms with Crippen LogP contribution in [-0.2, 0) is 4.79 Å². The van der Waals surface area contributed by atoms with Crippen molar-refractivity contribution in [3.05, 3.63) is 20.9 Å². The minimum Gasteiger partial charge on any atom is -0.358 e. The quantitative estimate of drug-likeness (QED) is 0.735. The summed E-state index contributed by atoms with van der Waals surface area (Å²) in [6.07, 6.45) is 1.68. The highest BCUT2D eigenvalue weighted by atomic mass is 79.9. The van der Waals surface area contributed by atoms with E-state index < -0.39 is 0 Å². The number of amides is 1. The molecule has 0 fully saturated rings. The van der Waals surface area contributed by atoms with E-state index in [4.69, 9.17) is 0 Å². The maximum Gasteiger partial charge on any atom is 0.291 e. The molecule has 15 heavy (non-hydrogen) atoms. The Kier molecular flexibility index (Phi) is 1.84. The number of carbonyl (C=O) groups is 1. The Balaban J connectivity index is 2.22. The molecule has 0 spiro atoms. The van der Waals surface area contributed by atoms with Gasteiger partial charge >= 0.3 is 0 Å². The molecule has 76 valence electrons. The normalized spacial score (nSPS) is 22.8. The Morgan fingerprint density at radius 3 is 3.20 bits per heavy atom. The number of anilines is 1. The van der Waals surface area contributed by atoms with Gasteiger partial charge in [-0.1, -0.05) is 0 Å². The van der Waals surface area contributed by atoms with Crippen molar-refractivity contribution in [3.63, 3.8) is 0 Å². The van der Waals surface area contributed by atoms with Crippen LogP contribution < -0.4 is 4.90 Å². The van der Waals surface area contributed by atoms with Crippen LogP contribution in [0.3, 0.4) is 0 Å². The Hall–Kier alpha value is -1.01. The Labute approximate surface area is 98.4 Å². The van der Waals surface area contributed by atoms with Crippen molar-refractivity contribution in [2.24, 2.45) is 10.2 Å². The van der Waals surface area contributed by atoms with Gasteiger partial charge in [0.25, 0.3) is 5.91 Å². The third-order valence-corrected chi connectivity index (χ3v) is 4.27. The topological polar surface area (TPSA) is 45.0 Å². The number of fused-ring (bicyclic) bond motifs is 3. The molecule has 1 atom stereocenters. The molecule has 1 amide bonds. The van der Waals surface area contributed by atoms with E-state index in [1.165, 1.54) is 0 Å². The van der Waals surface area contributed by atoms with Crippen molar-refractivity contribution in [3.8, 4) is 0 Å². The van der Waals surface area contributed by atoms with Crippen LogP contribution in [0.2, 0.25) is 0 Å². The summed E-state index contributed by atoms with van der Waals surface area (Å²) in [4.78, 5) is 14.6. The van der Waals surface area contributed by atoms with Gasteiger partial charge in [0.15, 0.2) is 0 Å². The van der Waals surface area contributed by atoms with Crippen LogP contribution in [0.5, 0.6) is 0 Å². The highest BCUT2D eigenvalue weighted by Gasteiger charge is 2.39. The number of nitrogens with zero attached hydrogens (tertiary/aromatic N) is 3. The molecule has 6 heteroatoms. The second-order valence-electron chi connectivity index (χ2n) is 3.42. The minimum absolute atomic E-state index is 0.186. The first-order chi connectivity index (χ1) is 7.18. The first kappa shape index (κ1) is 9.23. The number of thiophene rings is 1. The molecule has 0 radical (unpaired) electrons. The number of carbonyl (C=O) groups excluding carboxylic acids is 1. The predicted molar refractivity (Wildman–Crippen MR) is 62.1 cm³/mol. The van der Waals surface area contributed by atoms with Crippen LogP contribution in [0.4, 0.5) is 5.69 Å². The number of azo groups is 1. The van der Waals surface area contributed by atoms with E-state index in [0.29, 0.717) is 0 Å². The van der Waals surface area contributed by atoms with E-state index in [2.05, 4.69) is 26.2 Å². The van der Waals surface area contributed by atoms with E-state index in [9.17, 15) is 4.79 Å². The summed E-state index contributed by atoms with van der Waals surface area (Å²) in [7, 11) is 1.90. The lowest BCUT2D eigenvalue weighted by molar-refractivity contribution is -0.118. The van der Waals surface area contributed by atoms with E-state index in [1.807, 2.05) is 18.0 Å². The highest BCUT2D eigenvalue weighted by Crippen LogP contribution is 2.47. The number of rotatable bonds is 0. The first-order valence-corrected chi connectivity index (χ1v) is 5.97. The SMILES string of the molecule is CN1c2cc(Br)sc2C2=CN=NC(=O)C21. The van der Waals surface area contributed by atoms with Crippen molar-refractivity contribution in [1.29, 1.82) is 0 Å². The fourth-order valence-electron chi connectivity index (χ4n) is 1.92. The number of hydrogen-bond acceptors (Lipinski definition) is 4. The molecular formula is C9H6BrN3OS. The molecule has 0 aromatic carbocycles. The average Bonchev–Trinajstić information content (AvgIpc) is 2.68. The second kappa shape index (κ2) is 2.99. The largest absolute Gasteiger partial charge is 0.358 e. The summed E-state index contributed by atoms with van der Waals surface area (Å²) in [6.45, 7) is 0. The summed E-state index contributed by atoms with van der Waals surface area (Å²) in [6, 6.07) is 1.75. The molecule has 1 unspecified atom stereocenters. The van der Waals surface area contributed by atoms with Gasteiger partial charge in [-0.3, -0.25) is 4.79 Å². The molecule has 0 saturated carbocycles. The first-order valence-electron chi connectivity index (χ1n) is 4.36. The third kappa shape index (κ3) is 1.15. The van der Waals surface area contributed by atoms with Gasteiger partial charge in [-0.25, -0.2) is 0 Å². The molecule has 0 aliphatic carbocycles. The monoisotopic (exact) mass is 283 g/mol. The number of likely N-dealkylation sites (N-methyl/N-ethyl adjacent to an activating group) is 1. The number of halogens is 1. The van der Waals surface area contributed by atoms with Crippen LogP contribution in [0.1, 0.15) is 4.88 Å². The minimum atomic E-state index is -0.267. The molecule has 3 heterocycles. The van der Waals surface area contributed by atoms with Gasteiger partial charge in [0.1, 0.15) is 6.04 Å². The summed E-state index contributed by atoms with van der Waals surface area (Å²) in [5.74, 6) is -0.186. The smallest absolute Gasteiger partial charge is 0.291 e. The van der Waals surface area contributed by atoms with Crippen LogP contribution in [0.25, 0.3) is 5.57 Å². The van der Waals surface area contributed by atoms with E-state index in [1.54, 1.807) is 17.5 Å². The van der Waals surface area contributed by atoms with E-state index in [0.717, 1.165) is 19.9 Å². The lowest BCUT2D eigenvalue weighted by Crippen LogP contribution is -2.34. The van der Waals surface area contributed by atoms with Gasteiger partial charge in [0.2, 0.25) is 0 Å². The molecule has 3 rings (SSSR count). The summed E-state index contributed by atoms with van der Waals surface area (Å²) >= 11 is 5.06. The van der Waals surface area contributed by atoms with Crippen LogP contribution in [0.15, 0.2) is 26.3 Å². The fourth-order valence-corrected chi connectivity index (χ4v) is 3.58. The maximum absolute atomic E-state index is 11.6. The summed E-state index contributed by atoms with van der Waals surface area (Å²) in [5.41, 5.74) is 2.03. The molecule has 4 nitrogen and oxygen atoms in total. The van der Waals surface area contributed by atoms with Gasteiger partial charge in [-0.2, -0.15) is 5.11 Å². The zero-order chi connectivity index (χ0) is 10.6. The molecule has 2 aliphatic rings. The lowest BCUT2D eigenvalue weighted by atomic mass is 10.1. The van der Waals surface area contributed by atoms with Gasteiger partial charge in [-0.15, -0.1) is 16.5 Å². The zero-order valence-corrected chi connectivity index (χ0v) is 10.2. The van der Waals surface area contributed by atoms with Crippen LogP contribution in [0, 0.1) is 0 Å². The van der Waals surface area contributed by atoms with Crippen LogP contribution in [-0.4, -0.2) is 19.0 Å². The third-order valence-electron chi connectivity index (χ3n) is 2.59. The Morgan fingerprint density at radius 2 is 2.40 bits per heavy atom. The maximum atomic E-state index is 11.6. The van der Waals surface area contributed by atoms with Crippen molar-refractivity contribution >= 4 is 44.4 Å². The Morgan fingerprint density at radius 1 is 1.60 bits per heavy atom. The summed E-state index contributed by atoms with van der Waals surface area (Å²) in [5, 5.41) is 7.29. The standard InChI is InChI=1S/C9H6BrN3OS/c1-13-5-2-6(10)15-8(5)4-3-11-12-9(14)7(4)13/h2-3,7H,1H3. The average molecular weight is 284 g/mol. The van der Waals surface area contributed by atoms with Gasteiger partial charge < -0.3 is 4.90 Å². The van der Waals surface area contributed by atoms with E-state index in [-0.39, 0.29) is 11.9 Å².